The van der Waals surface area contributed by atoms with Crippen LogP contribution in [0.3, 0.4) is 0 Å². The van der Waals surface area contributed by atoms with Crippen molar-refractivity contribution in [2.45, 2.75) is 19.1 Å². The van der Waals surface area contributed by atoms with Gasteiger partial charge in [0.15, 0.2) is 6.29 Å². The van der Waals surface area contributed by atoms with Gasteiger partial charge >= 0.3 is 5.97 Å². The minimum Gasteiger partial charge on any atom is -0.481 e. The minimum absolute atomic E-state index is 0.00371. The number of methoxy groups -OCH3 is 2. The van der Waals surface area contributed by atoms with Gasteiger partial charge < -0.3 is 19.9 Å². The maximum absolute atomic E-state index is 11.0. The lowest BCUT2D eigenvalue weighted by atomic mass is 10.1. The molecule has 10 nitrogen and oxygen atoms in total. The number of non-ortho nitro benzene ring substituents is 1. The molecule has 1 heterocycles. The van der Waals surface area contributed by atoms with Crippen LogP contribution in [0.5, 0.6) is 0 Å². The maximum atomic E-state index is 11.0. The minimum atomic E-state index is -1.00. The van der Waals surface area contributed by atoms with E-state index in [4.69, 9.17) is 14.6 Å². The summed E-state index contributed by atoms with van der Waals surface area (Å²) in [7, 11) is 2.99. The van der Waals surface area contributed by atoms with Crippen LogP contribution in [0.4, 0.5) is 11.5 Å². The molecule has 0 saturated heterocycles. The Morgan fingerprint density at radius 3 is 2.52 bits per heavy atom. The third-order valence-corrected chi connectivity index (χ3v) is 3.73. The number of nitro benzene ring substituents is 1. The van der Waals surface area contributed by atoms with Crippen molar-refractivity contribution in [1.82, 2.24) is 9.97 Å². The van der Waals surface area contributed by atoms with Gasteiger partial charge in [0.1, 0.15) is 11.6 Å². The number of aromatic nitrogens is 2. The van der Waals surface area contributed by atoms with Gasteiger partial charge in [-0.1, -0.05) is 12.1 Å². The Morgan fingerprint density at radius 1 is 1.30 bits per heavy atom. The Morgan fingerprint density at radius 2 is 1.96 bits per heavy atom. The van der Waals surface area contributed by atoms with Gasteiger partial charge in [-0.2, -0.15) is 0 Å². The zero-order valence-corrected chi connectivity index (χ0v) is 14.9. The first-order valence-corrected chi connectivity index (χ1v) is 8.02. The Bertz CT molecular complexity index is 793. The molecule has 0 atom stereocenters. The first-order valence-electron chi connectivity index (χ1n) is 8.02. The van der Waals surface area contributed by atoms with E-state index < -0.39 is 17.2 Å². The summed E-state index contributed by atoms with van der Waals surface area (Å²) in [6.45, 7) is 0.271. The average molecular weight is 376 g/mol. The second-order valence-electron chi connectivity index (χ2n) is 5.61. The van der Waals surface area contributed by atoms with Crippen molar-refractivity contribution < 1.29 is 24.3 Å². The number of hydrogen-bond acceptors (Lipinski definition) is 8. The van der Waals surface area contributed by atoms with Gasteiger partial charge in [-0.05, 0) is 5.56 Å². The van der Waals surface area contributed by atoms with Gasteiger partial charge in [0, 0.05) is 44.5 Å². The topological polar surface area (TPSA) is 137 Å². The molecular weight excluding hydrogens is 356 g/mol. The Hall–Kier alpha value is -3.11. The smallest absolute Gasteiger partial charge is 0.308 e. The van der Waals surface area contributed by atoms with E-state index in [0.717, 1.165) is 5.56 Å². The highest BCUT2D eigenvalue weighted by Crippen LogP contribution is 2.17. The summed E-state index contributed by atoms with van der Waals surface area (Å²) in [6.07, 6.45) is 1.05. The van der Waals surface area contributed by atoms with Gasteiger partial charge in [-0.3, -0.25) is 14.9 Å². The number of nitrogens with zero attached hydrogens (tertiary/aromatic N) is 3. The number of benzene rings is 1. The van der Waals surface area contributed by atoms with Crippen LogP contribution < -0.4 is 5.32 Å². The molecule has 0 aliphatic heterocycles. The lowest BCUT2D eigenvalue weighted by molar-refractivity contribution is -0.384. The molecule has 0 aliphatic rings. The summed E-state index contributed by atoms with van der Waals surface area (Å²) in [6, 6.07) is 6.08. The quantitative estimate of drug-likeness (QED) is 0.360. The SMILES string of the molecule is COC(CNc1nc(Cc2ccc([N+](=O)[O-])cc2)ncc1CC(=O)O)OC. The van der Waals surface area contributed by atoms with E-state index in [-0.39, 0.29) is 18.7 Å². The molecule has 27 heavy (non-hydrogen) atoms. The number of nitrogens with one attached hydrogen (secondary N) is 1. The number of ether oxygens (including phenoxy) is 2. The Kier molecular flexibility index (Phi) is 7.15. The Balaban J connectivity index is 2.19. The Labute approximate surface area is 155 Å². The second-order valence-corrected chi connectivity index (χ2v) is 5.61. The third-order valence-electron chi connectivity index (χ3n) is 3.73. The van der Waals surface area contributed by atoms with Crippen molar-refractivity contribution in [3.05, 3.63) is 57.5 Å². The van der Waals surface area contributed by atoms with E-state index in [0.29, 0.717) is 23.6 Å². The van der Waals surface area contributed by atoms with E-state index >= 15 is 0 Å². The van der Waals surface area contributed by atoms with Crippen LogP contribution >= 0.6 is 0 Å². The molecule has 1 aromatic carbocycles. The number of nitro groups is 1. The highest BCUT2D eigenvalue weighted by molar-refractivity contribution is 5.72. The zero-order valence-electron chi connectivity index (χ0n) is 14.9. The number of carbonyl (C=O) groups is 1. The molecule has 0 radical (unpaired) electrons. The maximum Gasteiger partial charge on any atom is 0.308 e. The van der Waals surface area contributed by atoms with E-state index in [1.807, 2.05) is 0 Å². The summed E-state index contributed by atoms with van der Waals surface area (Å²) in [5, 5.41) is 22.8. The van der Waals surface area contributed by atoms with Gasteiger partial charge in [-0.25, -0.2) is 9.97 Å². The largest absolute Gasteiger partial charge is 0.481 e. The molecule has 0 bridgehead atoms. The van der Waals surface area contributed by atoms with Crippen molar-refractivity contribution in [2.75, 3.05) is 26.1 Å². The number of anilines is 1. The van der Waals surface area contributed by atoms with E-state index in [1.165, 1.54) is 32.5 Å². The van der Waals surface area contributed by atoms with Crippen molar-refractivity contribution in [3.63, 3.8) is 0 Å². The third kappa shape index (κ3) is 5.97. The normalized spacial score (nSPS) is 10.8. The fourth-order valence-corrected chi connectivity index (χ4v) is 2.33. The predicted octanol–water partition coefficient (Wildman–Crippen LogP) is 1.63. The fraction of sp³-hybridized carbons (Fsp3) is 0.353. The first-order chi connectivity index (χ1) is 12.9. The monoisotopic (exact) mass is 376 g/mol. The molecule has 2 aromatic rings. The van der Waals surface area contributed by atoms with Crippen LogP contribution in [0.2, 0.25) is 0 Å². The van der Waals surface area contributed by atoms with E-state index in [2.05, 4.69) is 15.3 Å². The second kappa shape index (κ2) is 9.55. The summed E-state index contributed by atoms with van der Waals surface area (Å²) < 4.78 is 10.2. The van der Waals surface area contributed by atoms with Gasteiger partial charge in [0.2, 0.25) is 0 Å². The van der Waals surface area contributed by atoms with Crippen LogP contribution in [0.25, 0.3) is 0 Å². The molecule has 2 N–H and O–H groups in total. The molecule has 0 unspecified atom stereocenters. The van der Waals surface area contributed by atoms with Gasteiger partial charge in [-0.15, -0.1) is 0 Å². The molecule has 0 saturated carbocycles. The summed E-state index contributed by atoms with van der Waals surface area (Å²) in [4.78, 5) is 29.9. The van der Waals surface area contributed by atoms with Crippen molar-refractivity contribution in [3.8, 4) is 0 Å². The van der Waals surface area contributed by atoms with Crippen LogP contribution in [0, 0.1) is 10.1 Å². The highest BCUT2D eigenvalue weighted by atomic mass is 16.7. The number of aliphatic carboxylic acids is 1. The number of carboxylic acid groups (broad SMARTS) is 1. The van der Waals surface area contributed by atoms with Crippen LogP contribution in [-0.2, 0) is 27.1 Å². The van der Waals surface area contributed by atoms with Crippen LogP contribution in [-0.4, -0.2) is 53.0 Å². The first kappa shape index (κ1) is 20.2. The molecule has 2 rings (SSSR count). The number of carboxylic acids is 1. The number of hydrogen-bond donors (Lipinski definition) is 2. The summed E-state index contributed by atoms with van der Waals surface area (Å²) >= 11 is 0. The summed E-state index contributed by atoms with van der Waals surface area (Å²) in [5.41, 5.74) is 1.23. The van der Waals surface area contributed by atoms with E-state index in [1.54, 1.807) is 12.1 Å². The molecular formula is C17H20N4O6. The lowest BCUT2D eigenvalue weighted by Crippen LogP contribution is -2.25. The predicted molar refractivity (Wildman–Crippen MR) is 95.6 cm³/mol. The molecule has 10 heteroatoms. The molecule has 0 spiro atoms. The highest BCUT2D eigenvalue weighted by Gasteiger charge is 2.14. The molecule has 1 aromatic heterocycles. The zero-order chi connectivity index (χ0) is 19.8. The lowest BCUT2D eigenvalue weighted by Gasteiger charge is -2.16. The van der Waals surface area contributed by atoms with Crippen molar-refractivity contribution in [1.29, 1.82) is 0 Å². The average Bonchev–Trinajstić information content (AvgIpc) is 2.64. The van der Waals surface area contributed by atoms with E-state index in [9.17, 15) is 14.9 Å². The molecule has 0 amide bonds. The molecule has 0 fully saturated rings. The fourth-order valence-electron chi connectivity index (χ4n) is 2.33. The van der Waals surface area contributed by atoms with Crippen LogP contribution in [0.1, 0.15) is 17.0 Å². The van der Waals surface area contributed by atoms with Gasteiger partial charge in [0.25, 0.3) is 5.69 Å². The van der Waals surface area contributed by atoms with Crippen molar-refractivity contribution >= 4 is 17.5 Å². The van der Waals surface area contributed by atoms with Crippen molar-refractivity contribution in [2.24, 2.45) is 0 Å². The van der Waals surface area contributed by atoms with Crippen LogP contribution in [0.15, 0.2) is 30.5 Å². The standard InChI is InChI=1S/C17H20N4O6/c1-26-16(27-2)10-19-17-12(8-15(22)23)9-18-14(20-17)7-11-3-5-13(6-4-11)21(24)25/h3-6,9,16H,7-8,10H2,1-2H3,(H,22,23)(H,18,19,20). The molecule has 0 aliphatic carbocycles. The van der Waals surface area contributed by atoms with Gasteiger partial charge in [0.05, 0.1) is 17.9 Å². The molecule has 144 valence electrons. The summed E-state index contributed by atoms with van der Waals surface area (Å²) in [5.74, 6) is -0.171. The number of rotatable bonds is 10.